The minimum absolute atomic E-state index is 0.0340. The second-order valence-corrected chi connectivity index (χ2v) is 9.54. The van der Waals surface area contributed by atoms with E-state index in [4.69, 9.17) is 9.15 Å². The van der Waals surface area contributed by atoms with E-state index in [0.29, 0.717) is 39.9 Å². The van der Waals surface area contributed by atoms with Gasteiger partial charge in [0.2, 0.25) is 10.9 Å². The molecule has 7 nitrogen and oxygen atoms in total. The summed E-state index contributed by atoms with van der Waals surface area (Å²) in [6.45, 7) is 8.23. The van der Waals surface area contributed by atoms with Gasteiger partial charge in [0.15, 0.2) is 5.43 Å². The molecular formula is C26H23N3O4S. The molecule has 0 fully saturated rings. The quantitative estimate of drug-likeness (QED) is 0.345. The van der Waals surface area contributed by atoms with Crippen LogP contribution in [0.4, 0.5) is 5.13 Å². The van der Waals surface area contributed by atoms with Crippen molar-refractivity contribution >= 4 is 33.3 Å². The number of ether oxygens (including phenoxy) is 1. The highest BCUT2D eigenvalue weighted by Crippen LogP contribution is 2.42. The van der Waals surface area contributed by atoms with Crippen molar-refractivity contribution in [2.75, 3.05) is 11.5 Å². The van der Waals surface area contributed by atoms with E-state index in [-0.39, 0.29) is 11.2 Å². The number of aromatic nitrogens is 2. The van der Waals surface area contributed by atoms with E-state index >= 15 is 0 Å². The minimum atomic E-state index is -0.713. The average Bonchev–Trinajstić information content (AvgIpc) is 3.40. The standard InChI is InChI=1S/C26H23N3O4S/c1-4-12-32-17-9-7-8-16(14-17)22-21-23(30)18-10-5-6-11-19(18)33-24(21)25(31)29(22)26-28-27-20(34-26)13-15(2)3/h4-11,14-15,22H,1,12-13H2,2-3H3. The van der Waals surface area contributed by atoms with Crippen LogP contribution < -0.4 is 15.1 Å². The summed E-state index contributed by atoms with van der Waals surface area (Å²) < 4.78 is 11.7. The fraction of sp³-hybridized carbons (Fsp3) is 0.231. The SMILES string of the molecule is C=CCOc1cccc(C2c3c(oc4ccccc4c3=O)C(=O)N2c2nnc(CC(C)C)s2)c1. The van der Waals surface area contributed by atoms with Crippen molar-refractivity contribution in [2.45, 2.75) is 26.3 Å². The third-order valence-corrected chi connectivity index (χ3v) is 6.51. The molecule has 0 radical (unpaired) electrons. The van der Waals surface area contributed by atoms with Gasteiger partial charge in [-0.05, 0) is 35.7 Å². The van der Waals surface area contributed by atoms with E-state index in [1.807, 2.05) is 24.3 Å². The fourth-order valence-electron chi connectivity index (χ4n) is 4.14. The summed E-state index contributed by atoms with van der Waals surface area (Å²) in [6.07, 6.45) is 2.41. The van der Waals surface area contributed by atoms with Crippen molar-refractivity contribution in [3.63, 3.8) is 0 Å². The van der Waals surface area contributed by atoms with E-state index in [0.717, 1.165) is 17.0 Å². The topological polar surface area (TPSA) is 85.5 Å². The molecule has 1 atom stereocenters. The van der Waals surface area contributed by atoms with Crippen LogP contribution in [0.3, 0.4) is 0 Å². The van der Waals surface area contributed by atoms with Crippen LogP contribution in [0.25, 0.3) is 11.0 Å². The Kier molecular flexibility index (Phi) is 5.75. The van der Waals surface area contributed by atoms with Crippen LogP contribution in [0.2, 0.25) is 0 Å². The first-order valence-electron chi connectivity index (χ1n) is 11.0. The number of hydrogen-bond acceptors (Lipinski definition) is 7. The van der Waals surface area contributed by atoms with Crippen molar-refractivity contribution in [1.29, 1.82) is 0 Å². The van der Waals surface area contributed by atoms with E-state index in [1.54, 1.807) is 30.3 Å². The highest BCUT2D eigenvalue weighted by Gasteiger charge is 2.45. The summed E-state index contributed by atoms with van der Waals surface area (Å²) in [5, 5.41) is 10.3. The number of fused-ring (bicyclic) bond motifs is 2. The normalized spacial score (nSPS) is 15.2. The van der Waals surface area contributed by atoms with Crippen LogP contribution in [0.1, 0.15) is 46.6 Å². The lowest BCUT2D eigenvalue weighted by molar-refractivity contribution is 0.0970. The molecule has 1 amide bonds. The molecule has 3 heterocycles. The van der Waals surface area contributed by atoms with Gasteiger partial charge in [0.25, 0.3) is 5.91 Å². The molecular weight excluding hydrogens is 450 g/mol. The molecule has 172 valence electrons. The van der Waals surface area contributed by atoms with E-state index in [9.17, 15) is 9.59 Å². The first-order chi connectivity index (χ1) is 16.5. The molecule has 5 rings (SSSR count). The predicted molar refractivity (Wildman–Crippen MR) is 132 cm³/mol. The van der Waals surface area contributed by atoms with Crippen LogP contribution in [0, 0.1) is 5.92 Å². The number of rotatable bonds is 7. The summed E-state index contributed by atoms with van der Waals surface area (Å²) in [5.74, 6) is 0.635. The molecule has 2 aromatic carbocycles. The van der Waals surface area contributed by atoms with Gasteiger partial charge < -0.3 is 9.15 Å². The molecule has 0 aliphatic carbocycles. The first kappa shape index (κ1) is 22.0. The number of carbonyl (C=O) groups excluding carboxylic acids is 1. The van der Waals surface area contributed by atoms with E-state index in [1.165, 1.54) is 16.2 Å². The largest absolute Gasteiger partial charge is 0.490 e. The number of carbonyl (C=O) groups is 1. The summed E-state index contributed by atoms with van der Waals surface area (Å²) in [4.78, 5) is 28.8. The Morgan fingerprint density at radius 2 is 2.00 bits per heavy atom. The molecule has 2 aromatic heterocycles. The maximum atomic E-state index is 13.7. The third kappa shape index (κ3) is 3.80. The molecule has 0 N–H and O–H groups in total. The van der Waals surface area contributed by atoms with Crippen LogP contribution in [-0.4, -0.2) is 22.7 Å². The van der Waals surface area contributed by atoms with Gasteiger partial charge in [-0.25, -0.2) is 0 Å². The van der Waals surface area contributed by atoms with Gasteiger partial charge in [-0.1, -0.05) is 62.1 Å². The average molecular weight is 474 g/mol. The fourth-order valence-corrected chi connectivity index (χ4v) is 5.21. The summed E-state index contributed by atoms with van der Waals surface area (Å²) in [6, 6.07) is 13.6. The number of para-hydroxylation sites is 1. The number of nitrogens with zero attached hydrogens (tertiary/aromatic N) is 3. The van der Waals surface area contributed by atoms with Crippen LogP contribution >= 0.6 is 11.3 Å². The molecule has 4 aromatic rings. The van der Waals surface area contributed by atoms with Crippen molar-refractivity contribution in [2.24, 2.45) is 5.92 Å². The Labute approximate surface area is 200 Å². The maximum Gasteiger partial charge on any atom is 0.297 e. The number of anilines is 1. The predicted octanol–water partition coefficient (Wildman–Crippen LogP) is 5.16. The third-order valence-electron chi connectivity index (χ3n) is 5.56. The second kappa shape index (κ2) is 8.87. The Morgan fingerprint density at radius 1 is 1.18 bits per heavy atom. The monoisotopic (exact) mass is 473 g/mol. The summed E-state index contributed by atoms with van der Waals surface area (Å²) in [7, 11) is 0. The zero-order chi connectivity index (χ0) is 23.8. The zero-order valence-corrected chi connectivity index (χ0v) is 19.7. The smallest absolute Gasteiger partial charge is 0.297 e. The molecule has 0 spiro atoms. The maximum absolute atomic E-state index is 13.7. The van der Waals surface area contributed by atoms with Gasteiger partial charge in [0, 0.05) is 6.42 Å². The van der Waals surface area contributed by atoms with E-state index in [2.05, 4.69) is 30.6 Å². The lowest BCUT2D eigenvalue weighted by Crippen LogP contribution is -2.29. The van der Waals surface area contributed by atoms with E-state index < -0.39 is 11.9 Å². The van der Waals surface area contributed by atoms with Gasteiger partial charge in [-0.3, -0.25) is 14.5 Å². The van der Waals surface area contributed by atoms with Crippen LogP contribution in [-0.2, 0) is 6.42 Å². The summed E-state index contributed by atoms with van der Waals surface area (Å²) >= 11 is 1.35. The van der Waals surface area contributed by atoms with Crippen molar-refractivity contribution in [1.82, 2.24) is 10.2 Å². The second-order valence-electron chi connectivity index (χ2n) is 8.50. The van der Waals surface area contributed by atoms with Crippen LogP contribution in [0.15, 0.2) is 70.4 Å². The molecule has 34 heavy (non-hydrogen) atoms. The number of benzene rings is 2. The Morgan fingerprint density at radius 3 is 2.79 bits per heavy atom. The number of amides is 1. The zero-order valence-electron chi connectivity index (χ0n) is 18.9. The van der Waals surface area contributed by atoms with Gasteiger partial charge in [0.05, 0.1) is 17.0 Å². The molecule has 1 aliphatic rings. The van der Waals surface area contributed by atoms with Crippen molar-refractivity contribution in [3.05, 3.63) is 93.3 Å². The highest BCUT2D eigenvalue weighted by atomic mass is 32.1. The minimum Gasteiger partial charge on any atom is -0.490 e. The highest BCUT2D eigenvalue weighted by molar-refractivity contribution is 7.15. The lowest BCUT2D eigenvalue weighted by atomic mass is 9.98. The molecule has 0 saturated heterocycles. The van der Waals surface area contributed by atoms with Gasteiger partial charge in [0.1, 0.15) is 22.9 Å². The summed E-state index contributed by atoms with van der Waals surface area (Å²) in [5.41, 5.74) is 1.16. The first-order valence-corrected chi connectivity index (χ1v) is 11.8. The molecule has 1 aliphatic heterocycles. The molecule has 0 saturated carbocycles. The Hall–Kier alpha value is -3.78. The molecule has 1 unspecified atom stereocenters. The Bertz CT molecular complexity index is 1460. The van der Waals surface area contributed by atoms with Crippen LogP contribution in [0.5, 0.6) is 5.75 Å². The van der Waals surface area contributed by atoms with Crippen molar-refractivity contribution < 1.29 is 13.9 Å². The molecule has 8 heteroatoms. The Balaban J connectivity index is 1.70. The van der Waals surface area contributed by atoms with Gasteiger partial charge in [-0.15, -0.1) is 10.2 Å². The lowest BCUT2D eigenvalue weighted by Gasteiger charge is -2.22. The molecule has 0 bridgehead atoms. The van der Waals surface area contributed by atoms with Crippen molar-refractivity contribution in [3.8, 4) is 5.75 Å². The van der Waals surface area contributed by atoms with Gasteiger partial charge >= 0.3 is 0 Å². The number of hydrogen-bond donors (Lipinski definition) is 0. The van der Waals surface area contributed by atoms with Gasteiger partial charge in [-0.2, -0.15) is 0 Å².